The second-order valence-electron chi connectivity index (χ2n) is 6.15. The van der Waals surface area contributed by atoms with E-state index in [1.54, 1.807) is 42.9 Å². The average molecular weight is 354 g/mol. The maximum absolute atomic E-state index is 12.4. The van der Waals surface area contributed by atoms with Gasteiger partial charge >= 0.3 is 6.01 Å². The highest BCUT2D eigenvalue weighted by Gasteiger charge is 2.25. The molecule has 1 N–H and O–H groups in total. The minimum absolute atomic E-state index is 0.0724. The highest BCUT2D eigenvalue weighted by molar-refractivity contribution is 5.93. The molecule has 26 heavy (non-hydrogen) atoms. The van der Waals surface area contributed by atoms with E-state index in [0.29, 0.717) is 17.5 Å². The lowest BCUT2D eigenvalue weighted by Crippen LogP contribution is -2.39. The summed E-state index contributed by atoms with van der Waals surface area (Å²) in [5.74, 6) is 0.722. The van der Waals surface area contributed by atoms with E-state index in [1.165, 1.54) is 0 Å². The molecule has 3 heterocycles. The van der Waals surface area contributed by atoms with Crippen molar-refractivity contribution in [1.82, 2.24) is 20.4 Å². The van der Waals surface area contributed by atoms with Crippen LogP contribution in [0.3, 0.4) is 0 Å². The number of hydrogen-bond acceptors (Lipinski definition) is 7. The number of amides is 1. The van der Waals surface area contributed by atoms with Crippen molar-refractivity contribution >= 4 is 5.91 Å². The van der Waals surface area contributed by atoms with Crippen molar-refractivity contribution in [3.63, 3.8) is 0 Å². The molecule has 3 aromatic heterocycles. The van der Waals surface area contributed by atoms with Crippen LogP contribution in [0.25, 0.3) is 11.5 Å². The Bertz CT molecular complexity index is 839. The van der Waals surface area contributed by atoms with Crippen LogP contribution < -0.4 is 10.1 Å². The van der Waals surface area contributed by atoms with E-state index in [2.05, 4.69) is 20.4 Å². The number of nitrogens with one attached hydrogen (secondary N) is 1. The van der Waals surface area contributed by atoms with Crippen LogP contribution in [0.2, 0.25) is 0 Å². The van der Waals surface area contributed by atoms with E-state index in [1.807, 2.05) is 0 Å². The van der Waals surface area contributed by atoms with Crippen molar-refractivity contribution < 1.29 is 18.5 Å². The monoisotopic (exact) mass is 354 g/mol. The third-order valence-corrected chi connectivity index (χ3v) is 4.33. The largest absolute Gasteiger partial charge is 0.461 e. The second-order valence-corrected chi connectivity index (χ2v) is 6.15. The van der Waals surface area contributed by atoms with E-state index >= 15 is 0 Å². The van der Waals surface area contributed by atoms with Gasteiger partial charge in [-0.05, 0) is 43.9 Å². The van der Waals surface area contributed by atoms with E-state index in [4.69, 9.17) is 13.7 Å². The molecule has 134 valence electrons. The van der Waals surface area contributed by atoms with Crippen LogP contribution in [-0.4, -0.2) is 33.2 Å². The number of carbonyl (C=O) groups excluding carboxylic acids is 1. The Morgan fingerprint density at radius 3 is 2.65 bits per heavy atom. The minimum Gasteiger partial charge on any atom is -0.461 e. The molecule has 0 radical (unpaired) electrons. The molecule has 0 unspecified atom stereocenters. The van der Waals surface area contributed by atoms with Gasteiger partial charge in [0.2, 0.25) is 5.76 Å². The Balaban J connectivity index is 1.28. The van der Waals surface area contributed by atoms with Crippen LogP contribution in [0.15, 0.2) is 51.9 Å². The first kappa shape index (κ1) is 16.3. The van der Waals surface area contributed by atoms with Crippen LogP contribution >= 0.6 is 0 Å². The molecule has 0 saturated heterocycles. The van der Waals surface area contributed by atoms with Crippen LogP contribution in [0.5, 0.6) is 6.01 Å². The third kappa shape index (κ3) is 3.74. The fraction of sp³-hybridized carbons (Fsp3) is 0.333. The van der Waals surface area contributed by atoms with Gasteiger partial charge in [0.1, 0.15) is 6.10 Å². The molecular formula is C18H18N4O4. The number of aromatic nitrogens is 3. The quantitative estimate of drug-likeness (QED) is 0.751. The molecule has 1 amide bonds. The number of carbonyl (C=O) groups is 1. The molecule has 1 fully saturated rings. The minimum atomic E-state index is -0.248. The van der Waals surface area contributed by atoms with Gasteiger partial charge in [-0.2, -0.15) is 0 Å². The number of nitrogens with zero attached hydrogens (tertiary/aromatic N) is 3. The Morgan fingerprint density at radius 1 is 1.12 bits per heavy atom. The fourth-order valence-electron chi connectivity index (χ4n) is 3.00. The lowest BCUT2D eigenvalue weighted by Gasteiger charge is -2.28. The van der Waals surface area contributed by atoms with E-state index < -0.39 is 0 Å². The molecule has 3 aromatic rings. The van der Waals surface area contributed by atoms with Crippen molar-refractivity contribution in [1.29, 1.82) is 0 Å². The van der Waals surface area contributed by atoms with Crippen LogP contribution in [0, 0.1) is 0 Å². The molecule has 0 spiro atoms. The first-order chi connectivity index (χ1) is 12.8. The molecular weight excluding hydrogens is 336 g/mol. The van der Waals surface area contributed by atoms with Gasteiger partial charge in [-0.1, -0.05) is 5.16 Å². The lowest BCUT2D eigenvalue weighted by molar-refractivity contribution is 0.0876. The van der Waals surface area contributed by atoms with Gasteiger partial charge in [0, 0.05) is 24.5 Å². The van der Waals surface area contributed by atoms with Crippen LogP contribution in [0.1, 0.15) is 36.2 Å². The normalized spacial score (nSPS) is 19.8. The molecule has 0 bridgehead atoms. The summed E-state index contributed by atoms with van der Waals surface area (Å²) < 4.78 is 16.2. The van der Waals surface area contributed by atoms with Crippen molar-refractivity contribution in [2.45, 2.75) is 37.8 Å². The molecule has 1 saturated carbocycles. The molecule has 0 atom stereocenters. The average Bonchev–Trinajstić information content (AvgIpc) is 3.36. The van der Waals surface area contributed by atoms with Crippen molar-refractivity contribution in [2.75, 3.05) is 0 Å². The highest BCUT2D eigenvalue weighted by atomic mass is 16.5. The standard InChI is InChI=1S/C18H18N4O4/c23-17(14-11-16(26-22-14)15-3-1-10-24-15)21-12-4-6-13(7-5-12)25-18-19-8-2-9-20-18/h1-3,8-13H,4-7H2,(H,21,23). The zero-order valence-corrected chi connectivity index (χ0v) is 14.0. The van der Waals surface area contributed by atoms with Gasteiger partial charge in [0.25, 0.3) is 5.91 Å². The zero-order chi connectivity index (χ0) is 17.8. The molecule has 0 aliphatic heterocycles. The topological polar surface area (TPSA) is 103 Å². The van der Waals surface area contributed by atoms with Crippen molar-refractivity contribution in [2.24, 2.45) is 0 Å². The summed E-state index contributed by atoms with van der Waals surface area (Å²) in [6.07, 6.45) is 8.24. The Morgan fingerprint density at radius 2 is 1.92 bits per heavy atom. The predicted octanol–water partition coefficient (Wildman–Crippen LogP) is 2.84. The summed E-state index contributed by atoms with van der Waals surface area (Å²) in [5.41, 5.74) is 0.243. The molecule has 1 aliphatic rings. The van der Waals surface area contributed by atoms with E-state index in [-0.39, 0.29) is 23.7 Å². The Kier molecular flexibility index (Phi) is 4.63. The van der Waals surface area contributed by atoms with Crippen molar-refractivity contribution in [3.05, 3.63) is 48.6 Å². The van der Waals surface area contributed by atoms with Gasteiger partial charge in [0.05, 0.1) is 6.26 Å². The predicted molar refractivity (Wildman–Crippen MR) is 90.4 cm³/mol. The summed E-state index contributed by atoms with van der Waals surface area (Å²) in [7, 11) is 0. The SMILES string of the molecule is O=C(NC1CCC(Oc2ncccn2)CC1)c1cc(-c2ccco2)on1. The van der Waals surface area contributed by atoms with E-state index in [0.717, 1.165) is 25.7 Å². The van der Waals surface area contributed by atoms with Gasteiger partial charge in [-0.25, -0.2) is 9.97 Å². The highest BCUT2D eigenvalue weighted by Crippen LogP contribution is 2.23. The van der Waals surface area contributed by atoms with Gasteiger partial charge in [-0.3, -0.25) is 4.79 Å². The smallest absolute Gasteiger partial charge is 0.316 e. The van der Waals surface area contributed by atoms with Gasteiger partial charge in [0.15, 0.2) is 11.5 Å². The van der Waals surface area contributed by atoms with Crippen molar-refractivity contribution in [3.8, 4) is 17.5 Å². The summed E-state index contributed by atoms with van der Waals surface area (Å²) in [5, 5.41) is 6.82. The first-order valence-corrected chi connectivity index (χ1v) is 8.53. The van der Waals surface area contributed by atoms with Crippen LogP contribution in [0.4, 0.5) is 0 Å². The first-order valence-electron chi connectivity index (χ1n) is 8.53. The maximum atomic E-state index is 12.4. The summed E-state index contributed by atoms with van der Waals surface area (Å²) in [6.45, 7) is 0. The van der Waals surface area contributed by atoms with E-state index in [9.17, 15) is 4.79 Å². The number of ether oxygens (including phenoxy) is 1. The summed E-state index contributed by atoms with van der Waals surface area (Å²) in [6, 6.07) is 7.31. The number of furan rings is 1. The zero-order valence-electron chi connectivity index (χ0n) is 14.0. The maximum Gasteiger partial charge on any atom is 0.316 e. The molecule has 1 aliphatic carbocycles. The lowest BCUT2D eigenvalue weighted by atomic mass is 9.93. The second kappa shape index (κ2) is 7.38. The summed E-state index contributed by atoms with van der Waals surface area (Å²) >= 11 is 0. The summed E-state index contributed by atoms with van der Waals surface area (Å²) in [4.78, 5) is 20.5. The Hall–Kier alpha value is -3.16. The third-order valence-electron chi connectivity index (χ3n) is 4.33. The number of rotatable bonds is 5. The molecule has 8 nitrogen and oxygen atoms in total. The Labute approximate surface area is 149 Å². The molecule has 8 heteroatoms. The van der Waals surface area contributed by atoms with Gasteiger partial charge < -0.3 is 19.0 Å². The molecule has 0 aromatic carbocycles. The number of hydrogen-bond donors (Lipinski definition) is 1. The fourth-order valence-corrected chi connectivity index (χ4v) is 3.00. The van der Waals surface area contributed by atoms with Gasteiger partial charge in [-0.15, -0.1) is 0 Å². The van der Waals surface area contributed by atoms with Crippen LogP contribution in [-0.2, 0) is 0 Å². The molecule has 4 rings (SSSR count).